The summed E-state index contributed by atoms with van der Waals surface area (Å²) in [5.74, 6) is 0.825. The van der Waals surface area contributed by atoms with E-state index in [9.17, 15) is 8.42 Å². The lowest BCUT2D eigenvalue weighted by Crippen LogP contribution is -2.49. The zero-order valence-electron chi connectivity index (χ0n) is 13.0. The molecule has 1 N–H and O–H groups in total. The summed E-state index contributed by atoms with van der Waals surface area (Å²) >= 11 is 0. The third-order valence-electron chi connectivity index (χ3n) is 4.46. The van der Waals surface area contributed by atoms with E-state index in [-0.39, 0.29) is 18.4 Å². The summed E-state index contributed by atoms with van der Waals surface area (Å²) in [7, 11) is -3.30. The highest BCUT2D eigenvalue weighted by Gasteiger charge is 2.36. The van der Waals surface area contributed by atoms with Gasteiger partial charge in [0.2, 0.25) is 10.0 Å². The highest BCUT2D eigenvalue weighted by atomic mass is 32.2. The Labute approximate surface area is 127 Å². The molecule has 1 aliphatic rings. The van der Waals surface area contributed by atoms with Crippen molar-refractivity contribution in [3.05, 3.63) is 35.4 Å². The number of hydrogen-bond donors (Lipinski definition) is 1. The molecule has 5 heteroatoms. The van der Waals surface area contributed by atoms with E-state index in [1.165, 1.54) is 0 Å². The molecule has 1 aliphatic heterocycles. The van der Waals surface area contributed by atoms with E-state index in [2.05, 4.69) is 13.8 Å². The predicted molar refractivity (Wildman–Crippen MR) is 84.1 cm³/mol. The molecule has 0 radical (unpaired) electrons. The average molecular weight is 311 g/mol. The highest BCUT2D eigenvalue weighted by molar-refractivity contribution is 7.88. The van der Waals surface area contributed by atoms with Crippen LogP contribution < -0.4 is 0 Å². The van der Waals surface area contributed by atoms with E-state index in [1.807, 2.05) is 6.92 Å². The van der Waals surface area contributed by atoms with Gasteiger partial charge in [0.25, 0.3) is 0 Å². The van der Waals surface area contributed by atoms with Gasteiger partial charge in [-0.2, -0.15) is 4.31 Å². The minimum atomic E-state index is -3.30. The van der Waals surface area contributed by atoms with Crippen LogP contribution in [0.15, 0.2) is 24.3 Å². The maximum Gasteiger partial charge on any atom is 0.218 e. The molecule has 0 bridgehead atoms. The van der Waals surface area contributed by atoms with E-state index in [0.717, 1.165) is 17.5 Å². The molecule has 21 heavy (non-hydrogen) atoms. The minimum Gasteiger partial charge on any atom is -0.392 e. The molecule has 1 aromatic carbocycles. The van der Waals surface area contributed by atoms with Gasteiger partial charge in [-0.1, -0.05) is 38.1 Å². The molecule has 1 aromatic rings. The molecule has 0 amide bonds. The van der Waals surface area contributed by atoms with Crippen molar-refractivity contribution in [2.45, 2.75) is 45.6 Å². The molecule has 3 unspecified atom stereocenters. The predicted octanol–water partition coefficient (Wildman–Crippen LogP) is 2.38. The number of piperidine rings is 1. The summed E-state index contributed by atoms with van der Waals surface area (Å²) in [5, 5.41) is 9.03. The number of rotatable bonds is 4. The van der Waals surface area contributed by atoms with Crippen molar-refractivity contribution < 1.29 is 13.5 Å². The molecule has 0 spiro atoms. The third kappa shape index (κ3) is 3.84. The van der Waals surface area contributed by atoms with Gasteiger partial charge >= 0.3 is 0 Å². The summed E-state index contributed by atoms with van der Waals surface area (Å²) in [6, 6.07) is 7.17. The summed E-state index contributed by atoms with van der Waals surface area (Å²) in [6.45, 7) is 6.83. The van der Waals surface area contributed by atoms with Crippen molar-refractivity contribution in [2.75, 3.05) is 6.54 Å². The first kappa shape index (κ1) is 16.5. The Morgan fingerprint density at radius 3 is 2.29 bits per heavy atom. The maximum atomic E-state index is 12.7. The van der Waals surface area contributed by atoms with Gasteiger partial charge < -0.3 is 5.11 Å². The Balaban J connectivity index is 2.16. The van der Waals surface area contributed by atoms with Gasteiger partial charge in [-0.3, -0.25) is 0 Å². The normalized spacial score (nSPS) is 27.7. The molecule has 0 aliphatic carbocycles. The lowest BCUT2D eigenvalue weighted by atomic mass is 9.88. The Kier molecular flexibility index (Phi) is 5.07. The number of benzene rings is 1. The van der Waals surface area contributed by atoms with Crippen LogP contribution in [0.5, 0.6) is 0 Å². The average Bonchev–Trinajstić information content (AvgIpc) is 2.43. The SMILES string of the molecule is CC1CC(C)C(C)N(S(=O)(=O)Cc2ccc(CO)cc2)C1. The summed E-state index contributed by atoms with van der Waals surface area (Å²) in [5.41, 5.74) is 1.56. The second kappa shape index (κ2) is 6.46. The number of sulfonamides is 1. The van der Waals surface area contributed by atoms with Crippen LogP contribution in [-0.2, 0) is 22.4 Å². The first-order valence-corrected chi connectivity index (χ1v) is 9.12. The van der Waals surface area contributed by atoms with E-state index in [4.69, 9.17) is 5.11 Å². The molecule has 2 rings (SSSR count). The second-order valence-electron chi connectivity index (χ2n) is 6.36. The highest BCUT2D eigenvalue weighted by Crippen LogP contribution is 2.30. The first-order chi connectivity index (χ1) is 9.83. The van der Waals surface area contributed by atoms with Crippen molar-refractivity contribution in [3.63, 3.8) is 0 Å². The fraction of sp³-hybridized carbons (Fsp3) is 0.625. The van der Waals surface area contributed by atoms with E-state index in [0.29, 0.717) is 18.4 Å². The Morgan fingerprint density at radius 2 is 1.71 bits per heavy atom. The van der Waals surface area contributed by atoms with Crippen LogP contribution >= 0.6 is 0 Å². The van der Waals surface area contributed by atoms with Gasteiger partial charge in [0.1, 0.15) is 0 Å². The van der Waals surface area contributed by atoms with Crippen molar-refractivity contribution in [2.24, 2.45) is 11.8 Å². The van der Waals surface area contributed by atoms with E-state index < -0.39 is 10.0 Å². The summed E-state index contributed by atoms with van der Waals surface area (Å²) in [4.78, 5) is 0. The van der Waals surface area contributed by atoms with Crippen LogP contribution in [0, 0.1) is 11.8 Å². The smallest absolute Gasteiger partial charge is 0.218 e. The summed E-state index contributed by atoms with van der Waals surface area (Å²) in [6.07, 6.45) is 1.08. The topological polar surface area (TPSA) is 57.6 Å². The van der Waals surface area contributed by atoms with Gasteiger partial charge in [0.05, 0.1) is 12.4 Å². The Bertz CT molecular complexity index is 568. The summed E-state index contributed by atoms with van der Waals surface area (Å²) < 4.78 is 27.0. The monoisotopic (exact) mass is 311 g/mol. The van der Waals surface area contributed by atoms with Crippen molar-refractivity contribution >= 4 is 10.0 Å². The zero-order chi connectivity index (χ0) is 15.6. The van der Waals surface area contributed by atoms with Crippen molar-refractivity contribution in [3.8, 4) is 0 Å². The molecule has 0 saturated carbocycles. The van der Waals surface area contributed by atoms with Crippen LogP contribution in [0.3, 0.4) is 0 Å². The number of nitrogens with zero attached hydrogens (tertiary/aromatic N) is 1. The van der Waals surface area contributed by atoms with Crippen molar-refractivity contribution in [1.82, 2.24) is 4.31 Å². The standard InChI is InChI=1S/C16H25NO3S/c1-12-8-13(2)14(3)17(9-12)21(19,20)11-16-6-4-15(10-18)5-7-16/h4-7,12-14,18H,8-11H2,1-3H3. The molecule has 1 saturated heterocycles. The lowest BCUT2D eigenvalue weighted by molar-refractivity contribution is 0.157. The van der Waals surface area contributed by atoms with Gasteiger partial charge in [0, 0.05) is 12.6 Å². The van der Waals surface area contributed by atoms with Crippen molar-refractivity contribution in [1.29, 1.82) is 0 Å². The number of hydrogen-bond acceptors (Lipinski definition) is 3. The molecule has 118 valence electrons. The van der Waals surface area contributed by atoms with Gasteiger partial charge in [-0.05, 0) is 36.3 Å². The first-order valence-electron chi connectivity index (χ1n) is 7.51. The van der Waals surface area contributed by atoms with Gasteiger partial charge in [-0.15, -0.1) is 0 Å². The third-order valence-corrected chi connectivity index (χ3v) is 6.35. The number of aliphatic hydroxyl groups is 1. The van der Waals surface area contributed by atoms with Crippen LogP contribution in [-0.4, -0.2) is 30.4 Å². The minimum absolute atomic E-state index is 0.0226. The molecule has 4 nitrogen and oxygen atoms in total. The maximum absolute atomic E-state index is 12.7. The Morgan fingerprint density at radius 1 is 1.14 bits per heavy atom. The fourth-order valence-electron chi connectivity index (χ4n) is 3.06. The molecule has 0 aromatic heterocycles. The quantitative estimate of drug-likeness (QED) is 0.929. The Hall–Kier alpha value is -0.910. The fourth-order valence-corrected chi connectivity index (χ4v) is 5.04. The van der Waals surface area contributed by atoms with Gasteiger partial charge in [0.15, 0.2) is 0 Å². The number of aliphatic hydroxyl groups excluding tert-OH is 1. The molecule has 3 atom stereocenters. The van der Waals surface area contributed by atoms with Crippen LogP contribution in [0.25, 0.3) is 0 Å². The molecule has 1 heterocycles. The molecular formula is C16H25NO3S. The largest absolute Gasteiger partial charge is 0.392 e. The second-order valence-corrected chi connectivity index (χ2v) is 8.28. The van der Waals surface area contributed by atoms with E-state index in [1.54, 1.807) is 28.6 Å². The zero-order valence-corrected chi connectivity index (χ0v) is 13.8. The van der Waals surface area contributed by atoms with Crippen LogP contribution in [0.4, 0.5) is 0 Å². The molecular weight excluding hydrogens is 286 g/mol. The molecule has 1 fully saturated rings. The van der Waals surface area contributed by atoms with E-state index >= 15 is 0 Å². The van der Waals surface area contributed by atoms with Crippen LogP contribution in [0.1, 0.15) is 38.3 Å². The van der Waals surface area contributed by atoms with Crippen LogP contribution in [0.2, 0.25) is 0 Å². The lowest BCUT2D eigenvalue weighted by Gasteiger charge is -2.40. The van der Waals surface area contributed by atoms with Gasteiger partial charge in [-0.25, -0.2) is 8.42 Å².